The Morgan fingerprint density at radius 1 is 0.938 bits per heavy atom. The molecule has 3 aromatic rings. The molecule has 168 valence electrons. The fourth-order valence-electron chi connectivity index (χ4n) is 3.12. The van der Waals surface area contributed by atoms with Crippen LogP contribution in [0.5, 0.6) is 5.75 Å². The number of nitrogens with one attached hydrogen (secondary N) is 1. The van der Waals surface area contributed by atoms with Gasteiger partial charge >= 0.3 is 0 Å². The van der Waals surface area contributed by atoms with Crippen molar-refractivity contribution in [3.63, 3.8) is 0 Å². The van der Waals surface area contributed by atoms with Crippen LogP contribution in [0.15, 0.2) is 83.8 Å². The van der Waals surface area contributed by atoms with E-state index in [1.165, 1.54) is 12.1 Å². The summed E-state index contributed by atoms with van der Waals surface area (Å²) in [6, 6.07) is 21.1. The number of sulfonamides is 1. The Balaban J connectivity index is 1.68. The molecule has 0 atom stereocenters. The second-order valence-corrected chi connectivity index (χ2v) is 9.10. The molecule has 0 bridgehead atoms. The molecule has 3 rings (SSSR count). The largest absolute Gasteiger partial charge is 0.497 e. The zero-order valence-electron chi connectivity index (χ0n) is 17.7. The number of rotatable bonds is 10. The topological polar surface area (TPSA) is 75.7 Å². The normalized spacial score (nSPS) is 11.3. The van der Waals surface area contributed by atoms with Crippen LogP contribution in [-0.4, -0.2) is 38.8 Å². The number of benzene rings is 3. The summed E-state index contributed by atoms with van der Waals surface area (Å²) in [5, 5.41) is 2.77. The monoisotopic (exact) mass is 456 g/mol. The Morgan fingerprint density at radius 3 is 2.22 bits per heavy atom. The molecule has 0 heterocycles. The second kappa shape index (κ2) is 10.9. The van der Waals surface area contributed by atoms with Crippen LogP contribution >= 0.6 is 0 Å². The highest BCUT2D eigenvalue weighted by molar-refractivity contribution is 7.89. The van der Waals surface area contributed by atoms with Crippen molar-refractivity contribution < 1.29 is 22.3 Å². The molecule has 0 aliphatic rings. The maximum absolute atomic E-state index is 13.3. The molecule has 6 nitrogen and oxygen atoms in total. The van der Waals surface area contributed by atoms with Crippen molar-refractivity contribution >= 4 is 15.9 Å². The van der Waals surface area contributed by atoms with E-state index in [0.29, 0.717) is 13.0 Å². The van der Waals surface area contributed by atoms with E-state index in [2.05, 4.69) is 5.32 Å². The van der Waals surface area contributed by atoms with E-state index < -0.39 is 21.7 Å². The first-order valence-electron chi connectivity index (χ1n) is 10.1. The molecule has 0 fully saturated rings. The predicted octanol–water partition coefficient (Wildman–Crippen LogP) is 3.38. The molecule has 0 unspecified atom stereocenters. The highest BCUT2D eigenvalue weighted by atomic mass is 32.2. The zero-order chi connectivity index (χ0) is 23.0. The van der Waals surface area contributed by atoms with Crippen molar-refractivity contribution in [2.24, 2.45) is 0 Å². The van der Waals surface area contributed by atoms with E-state index in [-0.39, 0.29) is 18.0 Å². The van der Waals surface area contributed by atoms with Gasteiger partial charge in [0.05, 0.1) is 18.6 Å². The first-order chi connectivity index (χ1) is 15.4. The summed E-state index contributed by atoms with van der Waals surface area (Å²) in [5.74, 6) is -0.199. The Morgan fingerprint density at radius 2 is 1.59 bits per heavy atom. The summed E-state index contributed by atoms with van der Waals surface area (Å²) in [6.07, 6.45) is 0.596. The first-order valence-corrected chi connectivity index (χ1v) is 11.5. The molecule has 3 aromatic carbocycles. The van der Waals surface area contributed by atoms with E-state index in [1.807, 2.05) is 30.3 Å². The summed E-state index contributed by atoms with van der Waals surface area (Å²) in [6.45, 7) is 0.0323. The summed E-state index contributed by atoms with van der Waals surface area (Å²) in [5.41, 5.74) is 1.76. The van der Waals surface area contributed by atoms with E-state index in [0.717, 1.165) is 33.3 Å². The van der Waals surface area contributed by atoms with Gasteiger partial charge in [0.25, 0.3) is 0 Å². The van der Waals surface area contributed by atoms with Crippen LogP contribution in [0.1, 0.15) is 11.1 Å². The predicted molar refractivity (Wildman–Crippen MR) is 120 cm³/mol. The first kappa shape index (κ1) is 23.4. The van der Waals surface area contributed by atoms with Crippen LogP contribution in [0.4, 0.5) is 4.39 Å². The fourth-order valence-corrected chi connectivity index (χ4v) is 4.51. The number of carbonyl (C=O) groups excluding carboxylic acids is 1. The molecule has 0 spiro atoms. The number of methoxy groups -OCH3 is 1. The molecule has 0 aliphatic carbocycles. The van der Waals surface area contributed by atoms with Gasteiger partial charge in [0, 0.05) is 13.1 Å². The lowest BCUT2D eigenvalue weighted by atomic mass is 10.1. The molecular formula is C24H25FN2O4S. The Hall–Kier alpha value is -3.23. The Labute approximate surface area is 187 Å². The van der Waals surface area contributed by atoms with Crippen LogP contribution in [-0.2, 0) is 27.8 Å². The van der Waals surface area contributed by atoms with Gasteiger partial charge in [-0.05, 0) is 53.9 Å². The van der Waals surface area contributed by atoms with Gasteiger partial charge in [0.15, 0.2) is 0 Å². The Bertz CT molecular complexity index is 1120. The number of amides is 1. The van der Waals surface area contributed by atoms with Gasteiger partial charge in [-0.1, -0.05) is 42.5 Å². The average molecular weight is 457 g/mol. The smallest absolute Gasteiger partial charge is 0.243 e. The zero-order valence-corrected chi connectivity index (χ0v) is 18.5. The van der Waals surface area contributed by atoms with Crippen molar-refractivity contribution in [2.45, 2.75) is 17.9 Å². The van der Waals surface area contributed by atoms with Crippen molar-refractivity contribution in [1.82, 2.24) is 9.62 Å². The van der Waals surface area contributed by atoms with Gasteiger partial charge in [-0.15, -0.1) is 0 Å². The summed E-state index contributed by atoms with van der Waals surface area (Å²) in [7, 11) is -2.41. The molecule has 0 saturated heterocycles. The van der Waals surface area contributed by atoms with Gasteiger partial charge in [0.2, 0.25) is 15.9 Å². The lowest BCUT2D eigenvalue weighted by Gasteiger charge is -2.22. The van der Waals surface area contributed by atoms with Crippen LogP contribution in [0.3, 0.4) is 0 Å². The number of hydrogen-bond acceptors (Lipinski definition) is 4. The summed E-state index contributed by atoms with van der Waals surface area (Å²) < 4.78 is 45.8. The lowest BCUT2D eigenvalue weighted by Crippen LogP contribution is -2.40. The minimum absolute atomic E-state index is 0.0203. The molecule has 0 saturated carbocycles. The number of hydrogen-bond donors (Lipinski definition) is 1. The maximum atomic E-state index is 13.3. The standard InChI is InChI=1S/C24H25FN2O4S/c1-31-22-11-7-19(8-12-22)15-16-26-24(28)18-27(17-20-5-3-2-4-6-20)32(29,30)23-13-9-21(25)10-14-23/h2-14H,15-18H2,1H3,(H,26,28). The molecule has 1 amide bonds. The molecule has 0 radical (unpaired) electrons. The quantitative estimate of drug-likeness (QED) is 0.508. The molecular weight excluding hydrogens is 431 g/mol. The number of halogens is 1. The minimum Gasteiger partial charge on any atom is -0.497 e. The molecule has 1 N–H and O–H groups in total. The summed E-state index contributed by atoms with van der Waals surface area (Å²) >= 11 is 0. The van der Waals surface area contributed by atoms with Crippen molar-refractivity contribution in [3.05, 3.63) is 95.8 Å². The fraction of sp³-hybridized carbons (Fsp3) is 0.208. The average Bonchev–Trinajstić information content (AvgIpc) is 2.80. The Kier molecular flexibility index (Phi) is 7.97. The third-order valence-electron chi connectivity index (χ3n) is 4.87. The van der Waals surface area contributed by atoms with Crippen molar-refractivity contribution in [3.8, 4) is 5.75 Å². The van der Waals surface area contributed by atoms with E-state index in [1.54, 1.807) is 31.4 Å². The SMILES string of the molecule is COc1ccc(CCNC(=O)CN(Cc2ccccc2)S(=O)(=O)c2ccc(F)cc2)cc1. The highest BCUT2D eigenvalue weighted by Gasteiger charge is 2.27. The van der Waals surface area contributed by atoms with E-state index >= 15 is 0 Å². The third-order valence-corrected chi connectivity index (χ3v) is 6.67. The number of ether oxygens (including phenoxy) is 1. The van der Waals surface area contributed by atoms with Crippen LogP contribution < -0.4 is 10.1 Å². The molecule has 32 heavy (non-hydrogen) atoms. The lowest BCUT2D eigenvalue weighted by molar-refractivity contribution is -0.121. The van der Waals surface area contributed by atoms with Crippen LogP contribution in [0.2, 0.25) is 0 Å². The minimum atomic E-state index is -4.00. The molecule has 0 aliphatic heterocycles. The third kappa shape index (κ3) is 6.38. The van der Waals surface area contributed by atoms with Crippen molar-refractivity contribution in [2.75, 3.05) is 20.2 Å². The van der Waals surface area contributed by atoms with Crippen LogP contribution in [0, 0.1) is 5.82 Å². The van der Waals surface area contributed by atoms with Crippen LogP contribution in [0.25, 0.3) is 0 Å². The van der Waals surface area contributed by atoms with Gasteiger partial charge in [-0.25, -0.2) is 12.8 Å². The van der Waals surface area contributed by atoms with Gasteiger partial charge < -0.3 is 10.1 Å². The van der Waals surface area contributed by atoms with E-state index in [9.17, 15) is 17.6 Å². The summed E-state index contributed by atoms with van der Waals surface area (Å²) in [4.78, 5) is 12.5. The number of carbonyl (C=O) groups is 1. The van der Waals surface area contributed by atoms with Crippen molar-refractivity contribution in [1.29, 1.82) is 0 Å². The molecule has 0 aromatic heterocycles. The molecule has 8 heteroatoms. The second-order valence-electron chi connectivity index (χ2n) is 7.16. The maximum Gasteiger partial charge on any atom is 0.243 e. The van der Waals surface area contributed by atoms with Gasteiger partial charge in [0.1, 0.15) is 11.6 Å². The van der Waals surface area contributed by atoms with E-state index in [4.69, 9.17) is 4.74 Å². The number of nitrogens with zero attached hydrogens (tertiary/aromatic N) is 1. The van der Waals surface area contributed by atoms with Gasteiger partial charge in [-0.2, -0.15) is 4.31 Å². The van der Waals surface area contributed by atoms with Gasteiger partial charge in [-0.3, -0.25) is 4.79 Å². The highest BCUT2D eigenvalue weighted by Crippen LogP contribution is 2.19.